The first-order chi connectivity index (χ1) is 4.52. The number of allylic oxidation sites excluding steroid dienone is 1. The molecular formula is C7H12INS. The maximum absolute atomic E-state index is 4.16. The molecule has 0 spiro atoms. The molecule has 0 aromatic heterocycles. The van der Waals surface area contributed by atoms with Crippen LogP contribution in [0.2, 0.25) is 0 Å². The molecule has 3 heteroatoms. The van der Waals surface area contributed by atoms with Crippen LogP contribution in [-0.4, -0.2) is 4.22 Å². The molecule has 0 rings (SSSR count). The van der Waals surface area contributed by atoms with Gasteiger partial charge in [0.05, 0.1) is 9.92 Å². The highest BCUT2D eigenvalue weighted by molar-refractivity contribution is 14.1. The molecule has 0 N–H and O–H groups in total. The molecule has 0 aromatic carbocycles. The van der Waals surface area contributed by atoms with Crippen molar-refractivity contribution >= 4 is 39.4 Å². The summed E-state index contributed by atoms with van der Waals surface area (Å²) in [5.74, 6) is 0. The maximum atomic E-state index is 4.16. The van der Waals surface area contributed by atoms with E-state index in [1.54, 1.807) is 9.63 Å². The zero-order valence-electron chi connectivity index (χ0n) is 6.43. The van der Waals surface area contributed by atoms with E-state index in [0.29, 0.717) is 0 Å². The normalized spacial score (nSPS) is 14.7. The lowest BCUT2D eigenvalue weighted by Gasteiger charge is -2.17. The van der Waals surface area contributed by atoms with Crippen molar-refractivity contribution < 1.29 is 0 Å². The van der Waals surface area contributed by atoms with Gasteiger partial charge in [0.2, 0.25) is 0 Å². The van der Waals surface area contributed by atoms with E-state index in [1.807, 2.05) is 0 Å². The van der Waals surface area contributed by atoms with Crippen molar-refractivity contribution in [3.8, 4) is 0 Å². The fraction of sp³-hybridized carbons (Fsp3) is 0.571. The average Bonchev–Trinajstić information content (AvgIpc) is 1.80. The van der Waals surface area contributed by atoms with Crippen LogP contribution < -0.4 is 0 Å². The van der Waals surface area contributed by atoms with Crippen LogP contribution in [0.3, 0.4) is 0 Å². The Hall–Kier alpha value is 0.490. The van der Waals surface area contributed by atoms with Crippen molar-refractivity contribution in [2.24, 2.45) is 10.4 Å². The summed E-state index contributed by atoms with van der Waals surface area (Å²) in [6.45, 7) is 6.33. The third-order valence-corrected chi connectivity index (χ3v) is 1.60. The van der Waals surface area contributed by atoms with Crippen LogP contribution >= 0.6 is 35.2 Å². The van der Waals surface area contributed by atoms with Gasteiger partial charge in [-0.25, -0.2) is 0 Å². The Kier molecular flexibility index (Phi) is 4.60. The molecule has 0 saturated heterocycles. The molecule has 0 unspecified atom stereocenters. The van der Waals surface area contributed by atoms with E-state index in [2.05, 4.69) is 61.0 Å². The zero-order valence-corrected chi connectivity index (χ0v) is 9.48. The highest BCUT2D eigenvalue weighted by Crippen LogP contribution is 2.26. The minimum absolute atomic E-state index is 0.101. The topological polar surface area (TPSA) is 12.4 Å². The van der Waals surface area contributed by atoms with Crippen LogP contribution in [0.1, 0.15) is 20.8 Å². The Morgan fingerprint density at radius 1 is 1.50 bits per heavy atom. The Morgan fingerprint density at radius 2 is 2.00 bits per heavy atom. The molecule has 0 aliphatic heterocycles. The molecule has 0 aliphatic carbocycles. The number of hydrogen-bond acceptors (Lipinski definition) is 2. The van der Waals surface area contributed by atoms with E-state index >= 15 is 0 Å². The molecule has 0 amide bonds. The molecule has 0 fully saturated rings. The third kappa shape index (κ3) is 3.61. The summed E-state index contributed by atoms with van der Waals surface area (Å²) in [4.78, 5) is 4.16. The molecule has 10 heavy (non-hydrogen) atoms. The highest BCUT2D eigenvalue weighted by atomic mass is 127. The van der Waals surface area contributed by atoms with Gasteiger partial charge in [0.15, 0.2) is 0 Å². The average molecular weight is 269 g/mol. The first kappa shape index (κ1) is 10.5. The van der Waals surface area contributed by atoms with Gasteiger partial charge < -0.3 is 0 Å². The Bertz CT molecular complexity index is 155. The molecule has 1 nitrogen and oxygen atoms in total. The summed E-state index contributed by atoms with van der Waals surface area (Å²) in [6.07, 6.45) is 0. The molecule has 0 heterocycles. The smallest absolute Gasteiger partial charge is 0.0654 e. The molecule has 0 aromatic rings. The number of nitrogens with zero attached hydrogens (tertiary/aromatic N) is 1. The quantitative estimate of drug-likeness (QED) is 0.426. The Morgan fingerprint density at radius 3 is 2.10 bits per heavy atom. The Balaban J connectivity index is 4.39. The lowest BCUT2D eigenvalue weighted by atomic mass is 9.93. The van der Waals surface area contributed by atoms with Crippen LogP contribution in [0.15, 0.2) is 16.1 Å². The van der Waals surface area contributed by atoms with Gasteiger partial charge in [-0.1, -0.05) is 20.8 Å². The fourth-order valence-electron chi connectivity index (χ4n) is 0.473. The third-order valence-electron chi connectivity index (χ3n) is 1.08. The highest BCUT2D eigenvalue weighted by Gasteiger charge is 2.14. The minimum atomic E-state index is 0.101. The molecule has 0 aliphatic rings. The van der Waals surface area contributed by atoms with Gasteiger partial charge >= 0.3 is 0 Å². The van der Waals surface area contributed by atoms with Gasteiger partial charge in [0, 0.05) is 5.41 Å². The van der Waals surface area contributed by atoms with Crippen molar-refractivity contribution in [2.75, 3.05) is 0 Å². The largest absolute Gasteiger partial charge is 0.254 e. The number of halogens is 1. The molecule has 0 saturated carbocycles. The van der Waals surface area contributed by atoms with E-state index < -0.39 is 0 Å². The molecule has 0 bridgehead atoms. The molecule has 0 atom stereocenters. The SMILES string of the molecule is CC(C)(C)C(=C/S)/N=C\I. The molecule has 0 radical (unpaired) electrons. The lowest BCUT2D eigenvalue weighted by molar-refractivity contribution is 0.500. The standard InChI is InChI=1S/C7H12INS/c1-7(2,3)6(4-10)9-5-8/h4-5,10H,1-3H3/b6-4-,9-5-. The monoisotopic (exact) mass is 269 g/mol. The molecule has 58 valence electrons. The van der Waals surface area contributed by atoms with Gasteiger partial charge in [-0.3, -0.25) is 4.99 Å². The summed E-state index contributed by atoms with van der Waals surface area (Å²) in [5.41, 5.74) is 1.11. The van der Waals surface area contributed by atoms with Crippen molar-refractivity contribution in [3.63, 3.8) is 0 Å². The van der Waals surface area contributed by atoms with Gasteiger partial charge in [-0.2, -0.15) is 0 Å². The predicted molar refractivity (Wildman–Crippen MR) is 59.0 cm³/mol. The van der Waals surface area contributed by atoms with Crippen LogP contribution in [0.5, 0.6) is 0 Å². The van der Waals surface area contributed by atoms with Crippen LogP contribution in [0, 0.1) is 5.41 Å². The summed E-state index contributed by atoms with van der Waals surface area (Å²) in [5, 5.41) is 1.75. The lowest BCUT2D eigenvalue weighted by Crippen LogP contribution is -2.06. The number of thiol groups is 1. The number of rotatable bonds is 1. The van der Waals surface area contributed by atoms with E-state index in [4.69, 9.17) is 0 Å². The van der Waals surface area contributed by atoms with Gasteiger partial charge in [-0.05, 0) is 28.0 Å². The van der Waals surface area contributed by atoms with Crippen LogP contribution in [-0.2, 0) is 0 Å². The maximum Gasteiger partial charge on any atom is 0.0654 e. The number of hydrogen-bond donors (Lipinski definition) is 1. The predicted octanol–water partition coefficient (Wildman–Crippen LogP) is 3.27. The van der Waals surface area contributed by atoms with Crippen molar-refractivity contribution in [1.29, 1.82) is 0 Å². The van der Waals surface area contributed by atoms with Gasteiger partial charge in [0.1, 0.15) is 0 Å². The second-order valence-electron chi connectivity index (χ2n) is 2.99. The fourth-order valence-corrected chi connectivity index (χ4v) is 1.23. The van der Waals surface area contributed by atoms with Crippen molar-refractivity contribution in [1.82, 2.24) is 0 Å². The first-order valence-corrected chi connectivity index (χ1v) is 4.76. The van der Waals surface area contributed by atoms with Crippen molar-refractivity contribution in [2.45, 2.75) is 20.8 Å². The number of aliphatic imine (C=N–C) groups is 1. The summed E-state index contributed by atoms with van der Waals surface area (Å²) in [7, 11) is 0. The van der Waals surface area contributed by atoms with E-state index in [-0.39, 0.29) is 5.41 Å². The van der Waals surface area contributed by atoms with E-state index in [0.717, 1.165) is 5.70 Å². The second kappa shape index (κ2) is 4.38. The Labute approximate surface area is 81.6 Å². The summed E-state index contributed by atoms with van der Waals surface area (Å²) >= 11 is 6.16. The first-order valence-electron chi connectivity index (χ1n) is 3.00. The van der Waals surface area contributed by atoms with Crippen LogP contribution in [0.4, 0.5) is 0 Å². The van der Waals surface area contributed by atoms with Crippen LogP contribution in [0.25, 0.3) is 0 Å². The van der Waals surface area contributed by atoms with Gasteiger partial charge in [0.25, 0.3) is 0 Å². The van der Waals surface area contributed by atoms with Gasteiger partial charge in [-0.15, -0.1) is 12.6 Å². The van der Waals surface area contributed by atoms with Crippen molar-refractivity contribution in [3.05, 3.63) is 11.1 Å². The minimum Gasteiger partial charge on any atom is -0.254 e. The van der Waals surface area contributed by atoms with E-state index in [1.165, 1.54) is 0 Å². The summed E-state index contributed by atoms with van der Waals surface area (Å²) in [6, 6.07) is 0. The summed E-state index contributed by atoms with van der Waals surface area (Å²) < 4.78 is 1.76. The molecular weight excluding hydrogens is 257 g/mol. The second-order valence-corrected chi connectivity index (χ2v) is 3.81. The van der Waals surface area contributed by atoms with E-state index in [9.17, 15) is 0 Å². The zero-order chi connectivity index (χ0) is 8.20.